The van der Waals surface area contributed by atoms with E-state index in [9.17, 15) is 13.2 Å². The molecular weight excluding hydrogens is 432 g/mol. The minimum Gasteiger partial charge on any atom is -0.378 e. The molecule has 0 fully saturated rings. The average molecular weight is 459 g/mol. The van der Waals surface area contributed by atoms with E-state index < -0.39 is 9.84 Å². The molecule has 3 rings (SSSR count). The zero-order valence-corrected chi connectivity index (χ0v) is 19.6. The molecule has 9 heteroatoms. The number of nitrogens with zero attached hydrogens (tertiary/aromatic N) is 2. The number of aryl methyl sites for hydroxylation is 1. The molecule has 0 unspecified atom stereocenters. The Morgan fingerprint density at radius 3 is 2.61 bits per heavy atom. The van der Waals surface area contributed by atoms with E-state index in [1.807, 2.05) is 42.6 Å². The van der Waals surface area contributed by atoms with Crippen LogP contribution in [0.2, 0.25) is 0 Å². The van der Waals surface area contributed by atoms with Gasteiger partial charge in [0.15, 0.2) is 15.0 Å². The Labute approximate surface area is 187 Å². The summed E-state index contributed by atoms with van der Waals surface area (Å²) in [5, 5.41) is 8.78. The Hall–Kier alpha value is -2.91. The van der Waals surface area contributed by atoms with E-state index in [0.29, 0.717) is 24.2 Å². The van der Waals surface area contributed by atoms with Gasteiger partial charge in [0, 0.05) is 55.6 Å². The molecule has 0 atom stereocenters. The van der Waals surface area contributed by atoms with Crippen LogP contribution in [0.15, 0.2) is 52.7 Å². The molecule has 2 N–H and O–H groups in total. The van der Waals surface area contributed by atoms with Crippen LogP contribution in [0.1, 0.15) is 15.9 Å². The molecule has 1 aromatic heterocycles. The van der Waals surface area contributed by atoms with Crippen molar-refractivity contribution < 1.29 is 13.2 Å². The summed E-state index contributed by atoms with van der Waals surface area (Å²) in [4.78, 5) is 19.2. The van der Waals surface area contributed by atoms with Crippen LogP contribution < -0.4 is 15.5 Å². The lowest BCUT2D eigenvalue weighted by molar-refractivity contribution is 0.0955. The van der Waals surface area contributed by atoms with Crippen molar-refractivity contribution in [1.29, 1.82) is 0 Å². The second-order valence-electron chi connectivity index (χ2n) is 7.42. The van der Waals surface area contributed by atoms with Gasteiger partial charge >= 0.3 is 0 Å². The fraction of sp³-hybridized carbons (Fsp3) is 0.273. The number of rotatable bonds is 8. The summed E-state index contributed by atoms with van der Waals surface area (Å²) in [6, 6.07) is 12.9. The Kier molecular flexibility index (Phi) is 6.97. The third kappa shape index (κ3) is 5.83. The largest absolute Gasteiger partial charge is 0.378 e. The lowest BCUT2D eigenvalue weighted by Gasteiger charge is -2.12. The molecule has 0 aliphatic rings. The summed E-state index contributed by atoms with van der Waals surface area (Å²) in [5.74, 6) is -0.313. The number of anilines is 2. The highest BCUT2D eigenvalue weighted by molar-refractivity contribution is 7.90. The van der Waals surface area contributed by atoms with E-state index in [1.165, 1.54) is 17.4 Å². The average Bonchev–Trinajstić information content (AvgIpc) is 3.19. The van der Waals surface area contributed by atoms with Crippen LogP contribution in [0.4, 0.5) is 10.8 Å². The molecule has 3 aromatic rings. The maximum atomic E-state index is 12.4. The van der Waals surface area contributed by atoms with Crippen molar-refractivity contribution in [2.24, 2.45) is 0 Å². The number of amides is 1. The van der Waals surface area contributed by atoms with Crippen LogP contribution >= 0.6 is 11.3 Å². The molecule has 0 aliphatic heterocycles. The summed E-state index contributed by atoms with van der Waals surface area (Å²) in [6.07, 6.45) is 1.14. The number of aromatic nitrogens is 1. The maximum Gasteiger partial charge on any atom is 0.251 e. The molecule has 7 nitrogen and oxygen atoms in total. The van der Waals surface area contributed by atoms with E-state index in [-0.39, 0.29) is 10.8 Å². The molecule has 164 valence electrons. The van der Waals surface area contributed by atoms with Gasteiger partial charge in [0.2, 0.25) is 0 Å². The third-order valence-corrected chi connectivity index (χ3v) is 6.74. The minimum absolute atomic E-state index is 0.173. The van der Waals surface area contributed by atoms with Crippen LogP contribution in [0.5, 0.6) is 0 Å². The molecule has 0 saturated heterocycles. The van der Waals surface area contributed by atoms with Crippen molar-refractivity contribution in [3.8, 4) is 11.3 Å². The molecule has 1 heterocycles. The highest BCUT2D eigenvalue weighted by Crippen LogP contribution is 2.27. The fourth-order valence-corrected chi connectivity index (χ4v) is 4.76. The maximum absolute atomic E-state index is 12.4. The number of hydrogen-bond acceptors (Lipinski definition) is 7. The van der Waals surface area contributed by atoms with Crippen molar-refractivity contribution in [3.63, 3.8) is 0 Å². The fourth-order valence-electron chi connectivity index (χ4n) is 3.02. The number of carbonyl (C=O) groups is 1. The van der Waals surface area contributed by atoms with E-state index in [1.54, 1.807) is 19.1 Å². The van der Waals surface area contributed by atoms with E-state index in [4.69, 9.17) is 0 Å². The predicted octanol–water partition coefficient (Wildman–Crippen LogP) is 3.43. The summed E-state index contributed by atoms with van der Waals surface area (Å²) in [5.41, 5.74) is 4.00. The lowest BCUT2D eigenvalue weighted by atomic mass is 10.1. The first kappa shape index (κ1) is 22.8. The van der Waals surface area contributed by atoms with E-state index in [0.717, 1.165) is 28.3 Å². The quantitative estimate of drug-likeness (QED) is 0.503. The van der Waals surface area contributed by atoms with Gasteiger partial charge < -0.3 is 15.5 Å². The Balaban J connectivity index is 1.55. The van der Waals surface area contributed by atoms with Crippen LogP contribution in [-0.4, -0.2) is 52.7 Å². The number of hydrogen-bond donors (Lipinski definition) is 2. The van der Waals surface area contributed by atoms with E-state index >= 15 is 0 Å². The Morgan fingerprint density at radius 2 is 1.90 bits per heavy atom. The van der Waals surface area contributed by atoms with Crippen molar-refractivity contribution in [2.45, 2.75) is 11.8 Å². The van der Waals surface area contributed by atoms with Crippen LogP contribution in [0.3, 0.4) is 0 Å². The first-order chi connectivity index (χ1) is 14.6. The van der Waals surface area contributed by atoms with Gasteiger partial charge in [0.05, 0.1) is 10.6 Å². The molecule has 31 heavy (non-hydrogen) atoms. The molecular formula is C22H26N4O3S2. The van der Waals surface area contributed by atoms with Crippen molar-refractivity contribution in [3.05, 3.63) is 59.0 Å². The molecule has 0 saturated carbocycles. The summed E-state index contributed by atoms with van der Waals surface area (Å²) in [6.45, 7) is 2.59. The van der Waals surface area contributed by atoms with Crippen LogP contribution in [0.25, 0.3) is 11.3 Å². The van der Waals surface area contributed by atoms with Crippen LogP contribution in [0, 0.1) is 6.92 Å². The SMILES string of the molecule is Cc1ccc(C(=O)NCCNc2nc(-c3cccc(N(C)C)c3)cs2)cc1S(C)(=O)=O. The number of carbonyl (C=O) groups excluding carboxylic acids is 1. The van der Waals surface area contributed by atoms with Gasteiger partial charge in [-0.05, 0) is 36.8 Å². The van der Waals surface area contributed by atoms with Crippen LogP contribution in [-0.2, 0) is 9.84 Å². The normalized spacial score (nSPS) is 11.2. The molecule has 0 radical (unpaired) electrons. The third-order valence-electron chi connectivity index (χ3n) is 4.70. The summed E-state index contributed by atoms with van der Waals surface area (Å²) < 4.78 is 23.7. The first-order valence-electron chi connectivity index (χ1n) is 9.71. The van der Waals surface area contributed by atoms with Crippen molar-refractivity contribution in [1.82, 2.24) is 10.3 Å². The predicted molar refractivity (Wildman–Crippen MR) is 127 cm³/mol. The molecule has 0 spiro atoms. The smallest absolute Gasteiger partial charge is 0.251 e. The minimum atomic E-state index is -3.38. The van der Waals surface area contributed by atoms with Gasteiger partial charge in [-0.1, -0.05) is 18.2 Å². The number of benzene rings is 2. The first-order valence-corrected chi connectivity index (χ1v) is 12.5. The molecule has 1 amide bonds. The second kappa shape index (κ2) is 9.49. The number of nitrogens with one attached hydrogen (secondary N) is 2. The van der Waals surface area contributed by atoms with E-state index in [2.05, 4.69) is 21.7 Å². The molecule has 2 aromatic carbocycles. The van der Waals surface area contributed by atoms with Gasteiger partial charge in [-0.15, -0.1) is 11.3 Å². The standard InChI is InChI=1S/C22H26N4O3S2/c1-15-8-9-17(13-20(15)31(4,28)29)21(27)23-10-11-24-22-25-19(14-30-22)16-6-5-7-18(12-16)26(2)3/h5-9,12-14H,10-11H2,1-4H3,(H,23,27)(H,24,25). The monoisotopic (exact) mass is 458 g/mol. The van der Waals surface area contributed by atoms with Crippen molar-refractivity contribution in [2.75, 3.05) is 43.7 Å². The topological polar surface area (TPSA) is 91.4 Å². The summed E-state index contributed by atoms with van der Waals surface area (Å²) in [7, 11) is 0.619. The molecule has 0 aliphatic carbocycles. The Bertz CT molecular complexity index is 1190. The van der Waals surface area contributed by atoms with Crippen molar-refractivity contribution >= 4 is 37.9 Å². The highest BCUT2D eigenvalue weighted by Gasteiger charge is 2.14. The highest BCUT2D eigenvalue weighted by atomic mass is 32.2. The zero-order chi connectivity index (χ0) is 22.6. The lowest BCUT2D eigenvalue weighted by Crippen LogP contribution is -2.28. The number of thiazole rings is 1. The summed E-state index contributed by atoms with van der Waals surface area (Å²) >= 11 is 1.50. The van der Waals surface area contributed by atoms with Gasteiger partial charge in [-0.3, -0.25) is 4.79 Å². The zero-order valence-electron chi connectivity index (χ0n) is 18.0. The Morgan fingerprint density at radius 1 is 1.13 bits per heavy atom. The molecule has 0 bridgehead atoms. The van der Waals surface area contributed by atoms with Gasteiger partial charge in [0.1, 0.15) is 0 Å². The van der Waals surface area contributed by atoms with Gasteiger partial charge in [-0.2, -0.15) is 0 Å². The second-order valence-corrected chi connectivity index (χ2v) is 10.3. The van der Waals surface area contributed by atoms with Gasteiger partial charge in [-0.25, -0.2) is 13.4 Å². The van der Waals surface area contributed by atoms with Gasteiger partial charge in [0.25, 0.3) is 5.91 Å². The number of sulfone groups is 1.